The number of fused-ring (bicyclic) bond motifs is 2. The van der Waals surface area contributed by atoms with Crippen molar-refractivity contribution < 1.29 is 14.7 Å². The van der Waals surface area contributed by atoms with Gasteiger partial charge in [-0.15, -0.1) is 0 Å². The molecule has 2 N–H and O–H groups in total. The lowest BCUT2D eigenvalue weighted by molar-refractivity contribution is -0.141. The molecule has 0 radical (unpaired) electrons. The SMILES string of the molecule is CC(CCNC(=O)C1CC2C=CC1C2)C(=O)O. The van der Waals surface area contributed by atoms with E-state index in [0.29, 0.717) is 24.8 Å². The molecule has 4 nitrogen and oxygen atoms in total. The van der Waals surface area contributed by atoms with Gasteiger partial charge in [0, 0.05) is 12.5 Å². The van der Waals surface area contributed by atoms with Crippen LogP contribution in [0.5, 0.6) is 0 Å². The number of hydrogen-bond donors (Lipinski definition) is 2. The number of allylic oxidation sites excluding steroid dienone is 2. The average molecular weight is 237 g/mol. The third kappa shape index (κ3) is 2.68. The van der Waals surface area contributed by atoms with Gasteiger partial charge < -0.3 is 10.4 Å². The summed E-state index contributed by atoms with van der Waals surface area (Å²) in [5, 5.41) is 11.6. The van der Waals surface area contributed by atoms with Gasteiger partial charge in [0.25, 0.3) is 0 Å². The Bertz CT molecular complexity index is 351. The van der Waals surface area contributed by atoms with Gasteiger partial charge in [-0.3, -0.25) is 9.59 Å². The fraction of sp³-hybridized carbons (Fsp3) is 0.692. The maximum absolute atomic E-state index is 11.9. The van der Waals surface area contributed by atoms with Crippen molar-refractivity contribution in [1.82, 2.24) is 5.32 Å². The molecule has 17 heavy (non-hydrogen) atoms. The highest BCUT2D eigenvalue weighted by molar-refractivity contribution is 5.80. The number of carboxylic acid groups (broad SMARTS) is 1. The van der Waals surface area contributed by atoms with E-state index in [-0.39, 0.29) is 11.8 Å². The maximum atomic E-state index is 11.9. The van der Waals surface area contributed by atoms with Crippen LogP contribution in [0.15, 0.2) is 12.2 Å². The zero-order valence-electron chi connectivity index (χ0n) is 10.1. The van der Waals surface area contributed by atoms with Crippen molar-refractivity contribution >= 4 is 11.9 Å². The van der Waals surface area contributed by atoms with Gasteiger partial charge in [-0.05, 0) is 31.1 Å². The second-order valence-corrected chi connectivity index (χ2v) is 5.21. The molecule has 0 aromatic carbocycles. The normalized spacial score (nSPS) is 31.5. The Morgan fingerprint density at radius 1 is 1.41 bits per heavy atom. The van der Waals surface area contributed by atoms with Crippen LogP contribution in [0, 0.1) is 23.7 Å². The molecule has 2 bridgehead atoms. The van der Waals surface area contributed by atoms with Crippen LogP contribution in [-0.4, -0.2) is 23.5 Å². The molecule has 0 spiro atoms. The molecule has 0 saturated heterocycles. The van der Waals surface area contributed by atoms with Crippen molar-refractivity contribution in [2.75, 3.05) is 6.54 Å². The quantitative estimate of drug-likeness (QED) is 0.711. The Morgan fingerprint density at radius 2 is 2.18 bits per heavy atom. The Morgan fingerprint density at radius 3 is 2.71 bits per heavy atom. The molecule has 2 rings (SSSR count). The van der Waals surface area contributed by atoms with Crippen LogP contribution < -0.4 is 5.32 Å². The molecule has 2 aliphatic carbocycles. The van der Waals surface area contributed by atoms with Gasteiger partial charge in [-0.2, -0.15) is 0 Å². The van der Waals surface area contributed by atoms with Crippen molar-refractivity contribution in [3.8, 4) is 0 Å². The van der Waals surface area contributed by atoms with E-state index in [0.717, 1.165) is 12.8 Å². The van der Waals surface area contributed by atoms with Crippen LogP contribution >= 0.6 is 0 Å². The van der Waals surface area contributed by atoms with Crippen LogP contribution in [0.2, 0.25) is 0 Å². The summed E-state index contributed by atoms with van der Waals surface area (Å²) in [5.41, 5.74) is 0. The molecule has 1 fully saturated rings. The number of nitrogens with one attached hydrogen (secondary N) is 1. The lowest BCUT2D eigenvalue weighted by Crippen LogP contribution is -2.34. The van der Waals surface area contributed by atoms with Gasteiger partial charge in [-0.1, -0.05) is 19.1 Å². The summed E-state index contributed by atoms with van der Waals surface area (Å²) in [7, 11) is 0. The first-order valence-electron chi connectivity index (χ1n) is 6.26. The van der Waals surface area contributed by atoms with Crippen LogP contribution in [0.3, 0.4) is 0 Å². The van der Waals surface area contributed by atoms with Crippen molar-refractivity contribution in [1.29, 1.82) is 0 Å². The van der Waals surface area contributed by atoms with Gasteiger partial charge in [-0.25, -0.2) is 0 Å². The summed E-state index contributed by atoms with van der Waals surface area (Å²) in [5.74, 6) is 0.0208. The molecule has 0 aromatic heterocycles. The number of rotatable bonds is 5. The van der Waals surface area contributed by atoms with E-state index in [2.05, 4.69) is 17.5 Å². The molecule has 1 amide bonds. The van der Waals surface area contributed by atoms with Crippen molar-refractivity contribution in [3.63, 3.8) is 0 Å². The monoisotopic (exact) mass is 237 g/mol. The summed E-state index contributed by atoms with van der Waals surface area (Å²) in [6.07, 6.45) is 6.93. The summed E-state index contributed by atoms with van der Waals surface area (Å²) in [6.45, 7) is 2.12. The molecule has 4 unspecified atom stereocenters. The summed E-state index contributed by atoms with van der Waals surface area (Å²) in [4.78, 5) is 22.5. The Balaban J connectivity index is 1.72. The first-order chi connectivity index (χ1) is 8.08. The zero-order chi connectivity index (χ0) is 12.4. The summed E-state index contributed by atoms with van der Waals surface area (Å²) in [6, 6.07) is 0. The topological polar surface area (TPSA) is 66.4 Å². The van der Waals surface area contributed by atoms with E-state index < -0.39 is 11.9 Å². The van der Waals surface area contributed by atoms with Crippen molar-refractivity contribution in [2.45, 2.75) is 26.2 Å². The molecule has 0 heterocycles. The molecule has 1 saturated carbocycles. The second kappa shape index (κ2) is 4.90. The smallest absolute Gasteiger partial charge is 0.306 e. The first-order valence-corrected chi connectivity index (χ1v) is 6.26. The number of carbonyl (C=O) groups is 2. The molecular formula is C13H19NO3. The summed E-state index contributed by atoms with van der Waals surface area (Å²) < 4.78 is 0. The van der Waals surface area contributed by atoms with Gasteiger partial charge in [0.15, 0.2) is 0 Å². The Kier molecular flexibility index (Phi) is 3.50. The number of carboxylic acids is 1. The van der Waals surface area contributed by atoms with Gasteiger partial charge in [0.2, 0.25) is 5.91 Å². The van der Waals surface area contributed by atoms with E-state index in [1.807, 2.05) is 0 Å². The lowest BCUT2D eigenvalue weighted by Gasteiger charge is -2.17. The second-order valence-electron chi connectivity index (χ2n) is 5.21. The minimum Gasteiger partial charge on any atom is -0.481 e. The predicted octanol–water partition coefficient (Wildman–Crippen LogP) is 1.43. The molecule has 4 atom stereocenters. The zero-order valence-corrected chi connectivity index (χ0v) is 10.1. The van der Waals surface area contributed by atoms with Crippen molar-refractivity contribution in [2.24, 2.45) is 23.7 Å². The molecule has 0 aliphatic heterocycles. The molecule has 0 aromatic rings. The van der Waals surface area contributed by atoms with Crippen LogP contribution in [-0.2, 0) is 9.59 Å². The third-order valence-electron chi connectivity index (χ3n) is 3.91. The first kappa shape index (κ1) is 12.1. The molecular weight excluding hydrogens is 218 g/mol. The van der Waals surface area contributed by atoms with E-state index in [1.54, 1.807) is 6.92 Å². The minimum atomic E-state index is -0.804. The minimum absolute atomic E-state index is 0.0967. The highest BCUT2D eigenvalue weighted by Gasteiger charge is 2.39. The fourth-order valence-corrected chi connectivity index (χ4v) is 2.75. The van der Waals surface area contributed by atoms with Crippen LogP contribution in [0.4, 0.5) is 0 Å². The van der Waals surface area contributed by atoms with E-state index in [9.17, 15) is 9.59 Å². The lowest BCUT2D eigenvalue weighted by atomic mass is 9.93. The maximum Gasteiger partial charge on any atom is 0.306 e. The van der Waals surface area contributed by atoms with Gasteiger partial charge >= 0.3 is 5.97 Å². The fourth-order valence-electron chi connectivity index (χ4n) is 2.75. The van der Waals surface area contributed by atoms with Gasteiger partial charge in [0.1, 0.15) is 0 Å². The van der Waals surface area contributed by atoms with Crippen LogP contribution in [0.25, 0.3) is 0 Å². The largest absolute Gasteiger partial charge is 0.481 e. The molecule has 94 valence electrons. The van der Waals surface area contributed by atoms with Gasteiger partial charge in [0.05, 0.1) is 5.92 Å². The van der Waals surface area contributed by atoms with Crippen LogP contribution in [0.1, 0.15) is 26.2 Å². The Hall–Kier alpha value is -1.32. The molecule has 4 heteroatoms. The number of amides is 1. The summed E-state index contributed by atoms with van der Waals surface area (Å²) >= 11 is 0. The predicted molar refractivity (Wildman–Crippen MR) is 63.3 cm³/mol. The number of aliphatic carboxylic acids is 1. The Labute approximate surface area is 101 Å². The molecule has 2 aliphatic rings. The van der Waals surface area contributed by atoms with Crippen molar-refractivity contribution in [3.05, 3.63) is 12.2 Å². The third-order valence-corrected chi connectivity index (χ3v) is 3.91. The standard InChI is InChI=1S/C13H19NO3/c1-8(13(16)17)4-5-14-12(15)11-7-9-2-3-10(11)6-9/h2-3,8-11H,4-7H2,1H3,(H,14,15)(H,16,17). The average Bonchev–Trinajstić information content (AvgIpc) is 2.90. The highest BCUT2D eigenvalue weighted by atomic mass is 16.4. The van der Waals surface area contributed by atoms with E-state index in [1.165, 1.54) is 0 Å². The number of hydrogen-bond acceptors (Lipinski definition) is 2. The van der Waals surface area contributed by atoms with E-state index in [4.69, 9.17) is 5.11 Å². The van der Waals surface area contributed by atoms with E-state index >= 15 is 0 Å². The number of carbonyl (C=O) groups excluding carboxylic acids is 1. The highest BCUT2D eigenvalue weighted by Crippen LogP contribution is 2.43.